The molecule has 24 heavy (non-hydrogen) atoms. The molecule has 0 saturated carbocycles. The van der Waals surface area contributed by atoms with E-state index in [1.54, 1.807) is 6.07 Å². The number of nitrogens with one attached hydrogen (secondary N) is 1. The molecule has 2 aliphatic rings. The van der Waals surface area contributed by atoms with Crippen molar-refractivity contribution in [1.82, 2.24) is 5.32 Å². The average Bonchev–Trinajstić information content (AvgIpc) is 3.16. The third-order valence-electron chi connectivity index (χ3n) is 3.74. The van der Waals surface area contributed by atoms with Crippen molar-refractivity contribution in [1.29, 1.82) is 0 Å². The van der Waals surface area contributed by atoms with Crippen LogP contribution in [0.4, 0.5) is 5.69 Å². The minimum absolute atomic E-state index is 0.150. The Bertz CT molecular complexity index is 892. The van der Waals surface area contributed by atoms with Crippen molar-refractivity contribution in [3.63, 3.8) is 0 Å². The van der Waals surface area contributed by atoms with Gasteiger partial charge in [-0.15, -0.1) is 0 Å². The summed E-state index contributed by atoms with van der Waals surface area (Å²) in [5, 5.41) is 3.86. The summed E-state index contributed by atoms with van der Waals surface area (Å²) in [5.74, 6) is 0.782. The van der Waals surface area contributed by atoms with Crippen molar-refractivity contribution in [2.75, 3.05) is 6.61 Å². The van der Waals surface area contributed by atoms with E-state index in [2.05, 4.69) is 16.4 Å². The number of fused-ring (bicyclic) bond motifs is 1. The molecule has 2 aliphatic heterocycles. The van der Waals surface area contributed by atoms with Gasteiger partial charge in [0.15, 0.2) is 5.17 Å². The van der Waals surface area contributed by atoms with Crippen molar-refractivity contribution < 1.29 is 9.53 Å². The highest BCUT2D eigenvalue weighted by Crippen LogP contribution is 2.32. The van der Waals surface area contributed by atoms with Gasteiger partial charge >= 0.3 is 0 Å². The molecule has 4 nitrogen and oxygen atoms in total. The molecule has 0 aromatic heterocycles. The minimum atomic E-state index is -0.150. The van der Waals surface area contributed by atoms with Crippen LogP contribution in [0.15, 0.2) is 52.4 Å². The summed E-state index contributed by atoms with van der Waals surface area (Å²) in [7, 11) is 0. The van der Waals surface area contributed by atoms with Crippen molar-refractivity contribution in [2.45, 2.75) is 6.42 Å². The summed E-state index contributed by atoms with van der Waals surface area (Å²) in [6, 6.07) is 13.2. The molecule has 0 bridgehead atoms. The number of ether oxygens (including phenoxy) is 1. The Labute approximate surface area is 148 Å². The number of hydrogen-bond acceptors (Lipinski definition) is 4. The zero-order chi connectivity index (χ0) is 16.5. The lowest BCUT2D eigenvalue weighted by molar-refractivity contribution is -0.115. The van der Waals surface area contributed by atoms with E-state index in [1.165, 1.54) is 17.3 Å². The highest BCUT2D eigenvalue weighted by Gasteiger charge is 2.24. The average molecular weight is 357 g/mol. The van der Waals surface area contributed by atoms with Gasteiger partial charge in [0, 0.05) is 6.42 Å². The third kappa shape index (κ3) is 3.05. The Balaban J connectivity index is 1.59. The summed E-state index contributed by atoms with van der Waals surface area (Å²) in [4.78, 5) is 17.2. The summed E-state index contributed by atoms with van der Waals surface area (Å²) in [6.45, 7) is 0.721. The van der Waals surface area contributed by atoms with Crippen LogP contribution in [0.2, 0.25) is 5.02 Å². The number of amidine groups is 1. The highest BCUT2D eigenvalue weighted by atomic mass is 35.5. The minimum Gasteiger partial charge on any atom is -0.493 e. The SMILES string of the molecule is O=C1NC(=Nc2ccccc2Cl)S/C1=C/c1ccc2c(c1)CCO2. The van der Waals surface area contributed by atoms with E-state index in [-0.39, 0.29) is 5.91 Å². The van der Waals surface area contributed by atoms with Crippen molar-refractivity contribution in [2.24, 2.45) is 4.99 Å². The molecule has 1 N–H and O–H groups in total. The predicted octanol–water partition coefficient (Wildman–Crippen LogP) is 4.17. The summed E-state index contributed by atoms with van der Waals surface area (Å²) in [6.07, 6.45) is 2.78. The largest absolute Gasteiger partial charge is 0.493 e. The highest BCUT2D eigenvalue weighted by molar-refractivity contribution is 8.18. The van der Waals surface area contributed by atoms with Crippen LogP contribution in [0, 0.1) is 0 Å². The number of rotatable bonds is 2. The second-order valence-electron chi connectivity index (χ2n) is 5.40. The molecule has 4 rings (SSSR count). The first kappa shape index (κ1) is 15.3. The number of nitrogens with zero attached hydrogens (tertiary/aromatic N) is 1. The third-order valence-corrected chi connectivity index (χ3v) is 4.97. The second-order valence-corrected chi connectivity index (χ2v) is 6.84. The molecule has 6 heteroatoms. The van der Waals surface area contributed by atoms with Gasteiger partial charge < -0.3 is 10.1 Å². The van der Waals surface area contributed by atoms with Crippen molar-refractivity contribution in [3.8, 4) is 5.75 Å². The molecular weight excluding hydrogens is 344 g/mol. The number of thioether (sulfide) groups is 1. The van der Waals surface area contributed by atoms with E-state index in [0.29, 0.717) is 20.8 Å². The Morgan fingerprint density at radius 1 is 1.25 bits per heavy atom. The molecule has 2 aromatic carbocycles. The molecule has 0 atom stereocenters. The molecular formula is C18H13ClN2O2S. The van der Waals surface area contributed by atoms with Crippen molar-refractivity contribution >= 4 is 46.2 Å². The van der Waals surface area contributed by atoms with Crippen LogP contribution in [0.3, 0.4) is 0 Å². The van der Waals surface area contributed by atoms with Crippen LogP contribution in [0.25, 0.3) is 6.08 Å². The van der Waals surface area contributed by atoms with E-state index >= 15 is 0 Å². The van der Waals surface area contributed by atoms with Gasteiger partial charge in [-0.05, 0) is 53.2 Å². The van der Waals surface area contributed by atoms with Gasteiger partial charge in [0.1, 0.15) is 5.75 Å². The number of carbonyl (C=O) groups is 1. The number of amides is 1. The van der Waals surface area contributed by atoms with Crippen LogP contribution in [0.5, 0.6) is 5.75 Å². The quantitative estimate of drug-likeness (QED) is 0.822. The molecule has 2 heterocycles. The van der Waals surface area contributed by atoms with Gasteiger partial charge in [0.25, 0.3) is 5.91 Å². The predicted molar refractivity (Wildman–Crippen MR) is 97.9 cm³/mol. The summed E-state index contributed by atoms with van der Waals surface area (Å²) < 4.78 is 5.50. The number of para-hydroxylation sites is 1. The van der Waals surface area contributed by atoms with Crippen LogP contribution in [0.1, 0.15) is 11.1 Å². The number of halogens is 1. The van der Waals surface area contributed by atoms with Crippen LogP contribution in [-0.2, 0) is 11.2 Å². The fourth-order valence-electron chi connectivity index (χ4n) is 2.58. The lowest BCUT2D eigenvalue weighted by atomic mass is 10.1. The fraction of sp³-hybridized carbons (Fsp3) is 0.111. The molecule has 1 saturated heterocycles. The summed E-state index contributed by atoms with van der Waals surface area (Å²) >= 11 is 7.41. The Morgan fingerprint density at radius 3 is 3.00 bits per heavy atom. The van der Waals surface area contributed by atoms with Crippen LogP contribution < -0.4 is 10.1 Å². The fourth-order valence-corrected chi connectivity index (χ4v) is 3.59. The molecule has 0 aliphatic carbocycles. The van der Waals surface area contributed by atoms with Gasteiger partial charge in [-0.1, -0.05) is 29.8 Å². The van der Waals surface area contributed by atoms with Gasteiger partial charge in [-0.25, -0.2) is 4.99 Å². The van der Waals surface area contributed by atoms with Crippen molar-refractivity contribution in [3.05, 3.63) is 63.5 Å². The normalized spacial score (nSPS) is 19.5. The molecule has 2 aromatic rings. The van der Waals surface area contributed by atoms with E-state index < -0.39 is 0 Å². The van der Waals surface area contributed by atoms with Crippen LogP contribution in [-0.4, -0.2) is 17.7 Å². The molecule has 1 fully saturated rings. The lowest BCUT2D eigenvalue weighted by Crippen LogP contribution is -2.19. The molecule has 1 amide bonds. The van der Waals surface area contributed by atoms with E-state index in [9.17, 15) is 4.79 Å². The number of aliphatic imine (C=N–C) groups is 1. The number of carbonyl (C=O) groups excluding carboxylic acids is 1. The van der Waals surface area contributed by atoms with Crippen LogP contribution >= 0.6 is 23.4 Å². The smallest absolute Gasteiger partial charge is 0.264 e. The van der Waals surface area contributed by atoms with Gasteiger partial charge in [-0.3, -0.25) is 4.79 Å². The Morgan fingerprint density at radius 2 is 2.12 bits per heavy atom. The Hall–Kier alpha value is -2.24. The van der Waals surface area contributed by atoms with Gasteiger partial charge in [0.2, 0.25) is 0 Å². The molecule has 0 spiro atoms. The maximum absolute atomic E-state index is 12.2. The first-order chi connectivity index (χ1) is 11.7. The number of hydrogen-bond donors (Lipinski definition) is 1. The topological polar surface area (TPSA) is 50.7 Å². The standard InChI is InChI=1S/C18H13ClN2O2S/c19-13-3-1-2-4-14(13)20-18-21-17(22)16(24-18)10-11-5-6-15-12(9-11)7-8-23-15/h1-6,9-10H,7-8H2,(H,20,21,22)/b16-10+. The second kappa shape index (κ2) is 6.34. The maximum atomic E-state index is 12.2. The summed E-state index contributed by atoms with van der Waals surface area (Å²) in [5.41, 5.74) is 2.80. The zero-order valence-corrected chi connectivity index (χ0v) is 14.2. The molecule has 0 unspecified atom stereocenters. The van der Waals surface area contributed by atoms with E-state index in [4.69, 9.17) is 16.3 Å². The Kier molecular flexibility index (Phi) is 4.04. The van der Waals surface area contributed by atoms with Gasteiger partial charge in [0.05, 0.1) is 22.2 Å². The lowest BCUT2D eigenvalue weighted by Gasteiger charge is -2.00. The first-order valence-corrected chi connectivity index (χ1v) is 8.68. The molecule has 0 radical (unpaired) electrons. The zero-order valence-electron chi connectivity index (χ0n) is 12.6. The van der Waals surface area contributed by atoms with E-state index in [1.807, 2.05) is 36.4 Å². The maximum Gasteiger partial charge on any atom is 0.264 e. The van der Waals surface area contributed by atoms with Gasteiger partial charge in [-0.2, -0.15) is 0 Å². The first-order valence-electron chi connectivity index (χ1n) is 7.49. The monoisotopic (exact) mass is 356 g/mol. The number of benzene rings is 2. The van der Waals surface area contributed by atoms with E-state index in [0.717, 1.165) is 24.3 Å². The molecule has 120 valence electrons.